The topological polar surface area (TPSA) is 84.1 Å². The van der Waals surface area contributed by atoms with Crippen molar-refractivity contribution in [3.63, 3.8) is 0 Å². The number of likely N-dealkylation sites (tertiary alicyclic amines) is 1. The Hall–Kier alpha value is -2.44. The molecule has 0 spiro atoms. The minimum Gasteiger partial charge on any atom is -0.508 e. The molecular weight excluding hydrogens is 318 g/mol. The molecule has 1 atom stereocenters. The van der Waals surface area contributed by atoms with Gasteiger partial charge in [-0.15, -0.1) is 5.10 Å². The average Bonchev–Trinajstić information content (AvgIpc) is 3.19. The number of phenolic OH excluding ortho intramolecular Hbond substituents is 1. The van der Waals surface area contributed by atoms with Gasteiger partial charge in [0.25, 0.3) is 0 Å². The number of rotatable bonds is 7. The maximum atomic E-state index is 12.5. The first-order valence-corrected chi connectivity index (χ1v) is 8.89. The molecule has 0 saturated carbocycles. The molecule has 0 aliphatic carbocycles. The molecule has 2 heterocycles. The van der Waals surface area contributed by atoms with Gasteiger partial charge in [-0.2, -0.15) is 0 Å². The summed E-state index contributed by atoms with van der Waals surface area (Å²) < 4.78 is 1.84. The number of benzene rings is 1. The lowest BCUT2D eigenvalue weighted by Crippen LogP contribution is -2.44. The molecule has 25 heavy (non-hydrogen) atoms. The lowest BCUT2D eigenvalue weighted by molar-refractivity contribution is -0.131. The van der Waals surface area contributed by atoms with E-state index in [0.717, 1.165) is 43.6 Å². The molecule has 1 N–H and O–H groups in total. The number of unbranched alkanes of at least 4 members (excludes halogenated alkanes) is 1. The van der Waals surface area contributed by atoms with Crippen molar-refractivity contribution in [2.45, 2.75) is 58.0 Å². The first-order chi connectivity index (χ1) is 12.0. The van der Waals surface area contributed by atoms with Crippen molar-refractivity contribution < 1.29 is 9.90 Å². The molecule has 1 aromatic heterocycles. The monoisotopic (exact) mass is 343 g/mol. The van der Waals surface area contributed by atoms with E-state index < -0.39 is 5.54 Å². The van der Waals surface area contributed by atoms with Gasteiger partial charge in [-0.1, -0.05) is 25.5 Å². The maximum Gasteiger partial charge on any atom is 0.223 e. The second-order valence-corrected chi connectivity index (χ2v) is 6.81. The number of aromatic nitrogens is 4. The molecule has 1 unspecified atom stereocenters. The Morgan fingerprint density at radius 1 is 1.24 bits per heavy atom. The lowest BCUT2D eigenvalue weighted by atomic mass is 9.97. The number of aryl methyl sites for hydroxylation is 1. The van der Waals surface area contributed by atoms with E-state index in [1.165, 1.54) is 0 Å². The van der Waals surface area contributed by atoms with Crippen LogP contribution in [0.4, 0.5) is 0 Å². The number of nitrogens with zero attached hydrogens (tertiary/aromatic N) is 5. The van der Waals surface area contributed by atoms with Crippen LogP contribution < -0.4 is 0 Å². The predicted octanol–water partition coefficient (Wildman–Crippen LogP) is 2.26. The van der Waals surface area contributed by atoms with Crippen molar-refractivity contribution in [3.05, 3.63) is 35.7 Å². The predicted molar refractivity (Wildman–Crippen MR) is 92.8 cm³/mol. The molecule has 1 aliphatic rings. The van der Waals surface area contributed by atoms with Crippen LogP contribution in [0.1, 0.15) is 50.9 Å². The molecule has 0 radical (unpaired) electrons. The third-order valence-corrected chi connectivity index (χ3v) is 5.02. The van der Waals surface area contributed by atoms with Crippen molar-refractivity contribution >= 4 is 5.91 Å². The maximum absolute atomic E-state index is 12.5. The Bertz CT molecular complexity index is 727. The van der Waals surface area contributed by atoms with Gasteiger partial charge in [0.1, 0.15) is 11.3 Å². The Morgan fingerprint density at radius 3 is 2.72 bits per heavy atom. The molecule has 1 fully saturated rings. The molecule has 0 bridgehead atoms. The number of amides is 1. The zero-order chi connectivity index (χ0) is 17.9. The number of hydrogen-bond acceptors (Lipinski definition) is 5. The summed E-state index contributed by atoms with van der Waals surface area (Å²) in [5, 5.41) is 21.6. The SMILES string of the molecule is CCCCn1nnnc1C1(C)CCC(=O)N1CCc1ccc(O)cc1. The van der Waals surface area contributed by atoms with Crippen molar-refractivity contribution in [1.29, 1.82) is 0 Å². The highest BCUT2D eigenvalue weighted by atomic mass is 16.3. The molecular formula is C18H25N5O2. The van der Waals surface area contributed by atoms with Gasteiger partial charge in [-0.25, -0.2) is 4.68 Å². The van der Waals surface area contributed by atoms with Crippen LogP contribution in [0.25, 0.3) is 0 Å². The highest BCUT2D eigenvalue weighted by Gasteiger charge is 2.46. The minimum atomic E-state index is -0.467. The summed E-state index contributed by atoms with van der Waals surface area (Å²) in [7, 11) is 0. The van der Waals surface area contributed by atoms with Crippen molar-refractivity contribution in [3.8, 4) is 5.75 Å². The summed E-state index contributed by atoms with van der Waals surface area (Å²) in [6.45, 7) is 5.58. The normalized spacial score (nSPS) is 20.4. The number of aromatic hydroxyl groups is 1. The van der Waals surface area contributed by atoms with Crippen LogP contribution in [0.5, 0.6) is 5.75 Å². The Labute approximate surface area is 147 Å². The quantitative estimate of drug-likeness (QED) is 0.833. The standard InChI is InChI=1S/C18H25N5O2/c1-3-4-12-23-17(19-20-21-23)18(2)11-9-16(25)22(18)13-10-14-5-7-15(24)8-6-14/h5-8,24H,3-4,9-13H2,1-2H3. The Balaban J connectivity index is 1.78. The number of carbonyl (C=O) groups excluding carboxylic acids is 1. The van der Waals surface area contributed by atoms with E-state index in [4.69, 9.17) is 0 Å². The van der Waals surface area contributed by atoms with Gasteiger partial charge in [-0.3, -0.25) is 4.79 Å². The van der Waals surface area contributed by atoms with Crippen LogP contribution in [0.2, 0.25) is 0 Å². The molecule has 7 heteroatoms. The van der Waals surface area contributed by atoms with Gasteiger partial charge in [0.2, 0.25) is 5.91 Å². The van der Waals surface area contributed by atoms with Gasteiger partial charge < -0.3 is 10.0 Å². The first kappa shape index (κ1) is 17.4. The molecule has 1 aromatic carbocycles. The lowest BCUT2D eigenvalue weighted by Gasteiger charge is -2.34. The molecule has 7 nitrogen and oxygen atoms in total. The summed E-state index contributed by atoms with van der Waals surface area (Å²) in [5.41, 5.74) is 0.621. The van der Waals surface area contributed by atoms with E-state index in [-0.39, 0.29) is 11.7 Å². The third-order valence-electron chi connectivity index (χ3n) is 5.02. The summed E-state index contributed by atoms with van der Waals surface area (Å²) in [4.78, 5) is 14.4. The van der Waals surface area contributed by atoms with Gasteiger partial charge >= 0.3 is 0 Å². The van der Waals surface area contributed by atoms with Gasteiger partial charge in [0.15, 0.2) is 5.82 Å². The second kappa shape index (κ2) is 7.21. The van der Waals surface area contributed by atoms with Crippen molar-refractivity contribution in [1.82, 2.24) is 25.1 Å². The molecule has 1 amide bonds. The summed E-state index contributed by atoms with van der Waals surface area (Å²) >= 11 is 0. The number of carbonyl (C=O) groups is 1. The fourth-order valence-electron chi connectivity index (χ4n) is 3.45. The molecule has 3 rings (SSSR count). The minimum absolute atomic E-state index is 0.145. The smallest absolute Gasteiger partial charge is 0.223 e. The van der Waals surface area contributed by atoms with Crippen LogP contribution in [-0.4, -0.2) is 42.7 Å². The first-order valence-electron chi connectivity index (χ1n) is 8.89. The van der Waals surface area contributed by atoms with Gasteiger partial charge in [0, 0.05) is 19.5 Å². The average molecular weight is 343 g/mol. The molecule has 1 saturated heterocycles. The summed E-state index contributed by atoms with van der Waals surface area (Å²) in [5.74, 6) is 1.17. The van der Waals surface area contributed by atoms with E-state index >= 15 is 0 Å². The fourth-order valence-corrected chi connectivity index (χ4v) is 3.45. The second-order valence-electron chi connectivity index (χ2n) is 6.81. The largest absolute Gasteiger partial charge is 0.508 e. The summed E-state index contributed by atoms with van der Waals surface area (Å²) in [6.07, 6.45) is 4.06. The van der Waals surface area contributed by atoms with Crippen LogP contribution in [0, 0.1) is 0 Å². The highest BCUT2D eigenvalue weighted by Crippen LogP contribution is 2.38. The van der Waals surface area contributed by atoms with E-state index in [1.54, 1.807) is 12.1 Å². The number of hydrogen-bond donors (Lipinski definition) is 1. The third kappa shape index (κ3) is 3.50. The zero-order valence-electron chi connectivity index (χ0n) is 14.9. The van der Waals surface area contributed by atoms with Crippen molar-refractivity contribution in [2.24, 2.45) is 0 Å². The van der Waals surface area contributed by atoms with E-state index in [1.807, 2.05) is 21.7 Å². The van der Waals surface area contributed by atoms with E-state index in [2.05, 4.69) is 29.4 Å². The van der Waals surface area contributed by atoms with Crippen LogP contribution in [-0.2, 0) is 23.3 Å². The number of phenols is 1. The van der Waals surface area contributed by atoms with E-state index in [0.29, 0.717) is 13.0 Å². The van der Waals surface area contributed by atoms with Crippen molar-refractivity contribution in [2.75, 3.05) is 6.54 Å². The van der Waals surface area contributed by atoms with Crippen LogP contribution >= 0.6 is 0 Å². The van der Waals surface area contributed by atoms with Crippen LogP contribution in [0.3, 0.4) is 0 Å². The fraction of sp³-hybridized carbons (Fsp3) is 0.556. The number of tetrazole rings is 1. The van der Waals surface area contributed by atoms with Gasteiger partial charge in [0.05, 0.1) is 0 Å². The molecule has 134 valence electrons. The Kier molecular flexibility index (Phi) is 5.01. The molecule has 1 aliphatic heterocycles. The highest BCUT2D eigenvalue weighted by molar-refractivity contribution is 5.79. The van der Waals surface area contributed by atoms with Crippen LogP contribution in [0.15, 0.2) is 24.3 Å². The summed E-state index contributed by atoms with van der Waals surface area (Å²) in [6, 6.07) is 7.12. The molecule has 2 aromatic rings. The van der Waals surface area contributed by atoms with E-state index in [9.17, 15) is 9.90 Å². The zero-order valence-corrected chi connectivity index (χ0v) is 14.9. The van der Waals surface area contributed by atoms with Gasteiger partial charge in [-0.05, 0) is 54.3 Å². The Morgan fingerprint density at radius 2 is 2.00 bits per heavy atom.